The van der Waals surface area contributed by atoms with E-state index in [4.69, 9.17) is 14.2 Å². The number of carbonyl (C=O) groups is 1. The van der Waals surface area contributed by atoms with Gasteiger partial charge in [-0.05, 0) is 13.5 Å². The van der Waals surface area contributed by atoms with E-state index in [9.17, 15) is 4.79 Å². The molecule has 0 aliphatic heterocycles. The first-order chi connectivity index (χ1) is 9.72. The van der Waals surface area contributed by atoms with E-state index in [-0.39, 0.29) is 11.8 Å². The van der Waals surface area contributed by atoms with Crippen LogP contribution in [0.2, 0.25) is 0 Å². The number of rotatable bonds is 14. The highest BCUT2D eigenvalue weighted by Crippen LogP contribution is 1.98. The molecule has 0 aromatic heterocycles. The van der Waals surface area contributed by atoms with Gasteiger partial charge < -0.3 is 24.8 Å². The van der Waals surface area contributed by atoms with E-state index in [1.807, 2.05) is 20.9 Å². The van der Waals surface area contributed by atoms with Gasteiger partial charge in [-0.1, -0.05) is 13.8 Å². The molecule has 0 radical (unpaired) electrons. The fourth-order valence-electron chi connectivity index (χ4n) is 1.32. The Morgan fingerprint density at radius 1 is 0.950 bits per heavy atom. The van der Waals surface area contributed by atoms with Crippen molar-refractivity contribution in [2.75, 3.05) is 59.8 Å². The van der Waals surface area contributed by atoms with Gasteiger partial charge in [-0.2, -0.15) is 0 Å². The Balaban J connectivity index is 3.11. The van der Waals surface area contributed by atoms with Crippen LogP contribution in [-0.2, 0) is 19.0 Å². The highest BCUT2D eigenvalue weighted by molar-refractivity contribution is 5.78. The molecule has 0 saturated heterocycles. The number of ether oxygens (including phenoxy) is 3. The molecular formula is C14H30N2O4. The van der Waals surface area contributed by atoms with Crippen LogP contribution in [0.25, 0.3) is 0 Å². The molecule has 0 aliphatic carbocycles. The number of hydrogen-bond donors (Lipinski definition) is 2. The number of carbonyl (C=O) groups excluding carboxylic acids is 1. The van der Waals surface area contributed by atoms with Crippen LogP contribution in [0, 0.1) is 5.92 Å². The lowest BCUT2D eigenvalue weighted by molar-refractivity contribution is -0.124. The molecule has 0 aromatic carbocycles. The van der Waals surface area contributed by atoms with E-state index in [1.165, 1.54) is 0 Å². The molecule has 20 heavy (non-hydrogen) atoms. The maximum Gasteiger partial charge on any atom is 0.222 e. The van der Waals surface area contributed by atoms with Crippen LogP contribution < -0.4 is 10.6 Å². The van der Waals surface area contributed by atoms with Crippen molar-refractivity contribution in [3.63, 3.8) is 0 Å². The van der Waals surface area contributed by atoms with Crippen LogP contribution in [0.4, 0.5) is 0 Å². The number of nitrogens with one attached hydrogen (secondary N) is 2. The van der Waals surface area contributed by atoms with Crippen molar-refractivity contribution in [1.29, 1.82) is 0 Å². The number of amides is 1. The van der Waals surface area contributed by atoms with Crippen LogP contribution in [-0.4, -0.2) is 65.7 Å². The minimum atomic E-state index is 0.0706. The van der Waals surface area contributed by atoms with E-state index in [0.29, 0.717) is 46.2 Å². The third-order valence-electron chi connectivity index (χ3n) is 2.85. The normalized spacial score (nSPS) is 12.3. The molecule has 0 rings (SSSR count). The molecule has 1 unspecified atom stereocenters. The van der Waals surface area contributed by atoms with E-state index in [1.54, 1.807) is 0 Å². The molecule has 0 aromatic rings. The zero-order chi connectivity index (χ0) is 15.1. The summed E-state index contributed by atoms with van der Waals surface area (Å²) in [5.74, 6) is 0.160. The van der Waals surface area contributed by atoms with Gasteiger partial charge in [0.25, 0.3) is 0 Å². The Morgan fingerprint density at radius 3 is 1.95 bits per heavy atom. The predicted octanol–water partition coefficient (Wildman–Crippen LogP) is 0.418. The summed E-state index contributed by atoms with van der Waals surface area (Å²) in [4.78, 5) is 11.4. The van der Waals surface area contributed by atoms with Crippen molar-refractivity contribution in [1.82, 2.24) is 10.6 Å². The Hall–Kier alpha value is -0.690. The molecule has 6 heteroatoms. The highest BCUT2D eigenvalue weighted by atomic mass is 16.5. The average molecular weight is 290 g/mol. The highest BCUT2D eigenvalue weighted by Gasteiger charge is 2.08. The van der Waals surface area contributed by atoms with Gasteiger partial charge in [0.05, 0.1) is 39.6 Å². The quantitative estimate of drug-likeness (QED) is 0.454. The first-order valence-electron chi connectivity index (χ1n) is 7.37. The molecule has 1 atom stereocenters. The van der Waals surface area contributed by atoms with Crippen LogP contribution in [0.15, 0.2) is 0 Å². The van der Waals surface area contributed by atoms with Crippen molar-refractivity contribution >= 4 is 5.91 Å². The average Bonchev–Trinajstić information content (AvgIpc) is 2.47. The van der Waals surface area contributed by atoms with Crippen LogP contribution in [0.3, 0.4) is 0 Å². The lowest BCUT2D eigenvalue weighted by atomic mass is 10.1. The SMILES string of the molecule is CCC(C)C(=O)NCCOCCOCCOCCNC. The van der Waals surface area contributed by atoms with Crippen molar-refractivity contribution in [3.05, 3.63) is 0 Å². The van der Waals surface area contributed by atoms with Crippen molar-refractivity contribution < 1.29 is 19.0 Å². The van der Waals surface area contributed by atoms with Gasteiger partial charge in [0.2, 0.25) is 5.91 Å². The van der Waals surface area contributed by atoms with Crippen LogP contribution in [0.5, 0.6) is 0 Å². The van der Waals surface area contributed by atoms with Gasteiger partial charge in [0.15, 0.2) is 0 Å². The van der Waals surface area contributed by atoms with Crippen LogP contribution in [0.1, 0.15) is 20.3 Å². The Morgan fingerprint density at radius 2 is 1.45 bits per heavy atom. The Labute approximate surface area is 122 Å². The van der Waals surface area contributed by atoms with Crippen molar-refractivity contribution in [3.8, 4) is 0 Å². The first kappa shape index (κ1) is 19.3. The lowest BCUT2D eigenvalue weighted by Gasteiger charge is -2.10. The zero-order valence-electron chi connectivity index (χ0n) is 13.1. The van der Waals surface area contributed by atoms with Gasteiger partial charge in [0.1, 0.15) is 0 Å². The van der Waals surface area contributed by atoms with Gasteiger partial charge in [-0.15, -0.1) is 0 Å². The molecule has 0 fully saturated rings. The van der Waals surface area contributed by atoms with E-state index >= 15 is 0 Å². The van der Waals surface area contributed by atoms with Crippen molar-refractivity contribution in [2.45, 2.75) is 20.3 Å². The summed E-state index contributed by atoms with van der Waals surface area (Å²) in [6.45, 7) is 8.82. The maximum atomic E-state index is 11.4. The zero-order valence-corrected chi connectivity index (χ0v) is 13.1. The van der Waals surface area contributed by atoms with Crippen molar-refractivity contribution in [2.24, 2.45) is 5.92 Å². The smallest absolute Gasteiger partial charge is 0.222 e. The standard InChI is InChI=1S/C14H30N2O4/c1-4-13(2)14(17)16-6-8-19-10-12-20-11-9-18-7-5-15-3/h13,15H,4-12H2,1-3H3,(H,16,17). The van der Waals surface area contributed by atoms with E-state index in [2.05, 4.69) is 10.6 Å². The Kier molecular flexibility index (Phi) is 14.2. The second-order valence-electron chi connectivity index (χ2n) is 4.54. The second-order valence-corrected chi connectivity index (χ2v) is 4.54. The van der Waals surface area contributed by atoms with Crippen LogP contribution >= 0.6 is 0 Å². The topological polar surface area (TPSA) is 68.8 Å². The molecule has 0 bridgehead atoms. The predicted molar refractivity (Wildman–Crippen MR) is 78.8 cm³/mol. The molecule has 120 valence electrons. The summed E-state index contributed by atoms with van der Waals surface area (Å²) < 4.78 is 16.0. The number of hydrogen-bond acceptors (Lipinski definition) is 5. The summed E-state index contributed by atoms with van der Waals surface area (Å²) >= 11 is 0. The third kappa shape index (κ3) is 12.3. The summed E-state index contributed by atoms with van der Waals surface area (Å²) in [6, 6.07) is 0. The summed E-state index contributed by atoms with van der Waals surface area (Å²) in [5, 5.41) is 5.83. The first-order valence-corrected chi connectivity index (χ1v) is 7.37. The maximum absolute atomic E-state index is 11.4. The van der Waals surface area contributed by atoms with Gasteiger partial charge in [0, 0.05) is 19.0 Å². The molecular weight excluding hydrogens is 260 g/mol. The summed E-state index contributed by atoms with van der Waals surface area (Å²) in [7, 11) is 1.89. The van der Waals surface area contributed by atoms with Gasteiger partial charge in [-0.25, -0.2) is 0 Å². The fraction of sp³-hybridized carbons (Fsp3) is 0.929. The lowest BCUT2D eigenvalue weighted by Crippen LogP contribution is -2.31. The molecule has 0 aliphatic rings. The summed E-state index contributed by atoms with van der Waals surface area (Å²) in [5.41, 5.74) is 0. The largest absolute Gasteiger partial charge is 0.378 e. The minimum Gasteiger partial charge on any atom is -0.378 e. The molecule has 0 saturated carbocycles. The number of likely N-dealkylation sites (N-methyl/N-ethyl adjacent to an activating group) is 1. The van der Waals surface area contributed by atoms with Gasteiger partial charge >= 0.3 is 0 Å². The van der Waals surface area contributed by atoms with E-state index in [0.717, 1.165) is 13.0 Å². The molecule has 6 nitrogen and oxygen atoms in total. The fourth-order valence-corrected chi connectivity index (χ4v) is 1.32. The molecule has 1 amide bonds. The monoisotopic (exact) mass is 290 g/mol. The van der Waals surface area contributed by atoms with E-state index < -0.39 is 0 Å². The van der Waals surface area contributed by atoms with Gasteiger partial charge in [-0.3, -0.25) is 4.79 Å². The molecule has 0 heterocycles. The second kappa shape index (κ2) is 14.7. The minimum absolute atomic E-state index is 0.0706. The third-order valence-corrected chi connectivity index (χ3v) is 2.85. The molecule has 2 N–H and O–H groups in total. The molecule has 0 spiro atoms. The summed E-state index contributed by atoms with van der Waals surface area (Å²) in [6.07, 6.45) is 0.858. The Bertz CT molecular complexity index is 227.